The summed E-state index contributed by atoms with van der Waals surface area (Å²) in [6.07, 6.45) is 1.44. The molecule has 1 N–H and O–H groups in total. The van der Waals surface area contributed by atoms with Crippen molar-refractivity contribution in [2.75, 3.05) is 20.8 Å². The van der Waals surface area contributed by atoms with Crippen LogP contribution in [0.3, 0.4) is 0 Å². The van der Waals surface area contributed by atoms with Gasteiger partial charge in [0, 0.05) is 4.47 Å². The van der Waals surface area contributed by atoms with E-state index in [1.165, 1.54) is 13.3 Å². The van der Waals surface area contributed by atoms with E-state index in [9.17, 15) is 9.59 Å². The second kappa shape index (κ2) is 11.7. The zero-order valence-corrected chi connectivity index (χ0v) is 19.5. The Kier molecular flexibility index (Phi) is 8.43. The Morgan fingerprint density at radius 1 is 0.909 bits per heavy atom. The van der Waals surface area contributed by atoms with E-state index in [4.69, 9.17) is 18.9 Å². The lowest BCUT2D eigenvalue weighted by atomic mass is 10.2. The Morgan fingerprint density at radius 3 is 2.27 bits per heavy atom. The number of halogens is 1. The number of hydrogen-bond donors (Lipinski definition) is 1. The van der Waals surface area contributed by atoms with Gasteiger partial charge in [-0.15, -0.1) is 0 Å². The van der Waals surface area contributed by atoms with Gasteiger partial charge in [-0.1, -0.05) is 15.9 Å². The molecule has 0 saturated heterocycles. The van der Waals surface area contributed by atoms with E-state index in [2.05, 4.69) is 26.5 Å². The smallest absolute Gasteiger partial charge is 0.343 e. The highest BCUT2D eigenvalue weighted by molar-refractivity contribution is 9.10. The van der Waals surface area contributed by atoms with Gasteiger partial charge in [0.25, 0.3) is 5.91 Å². The Balaban J connectivity index is 1.55. The third-order valence-corrected chi connectivity index (χ3v) is 4.83. The average molecular weight is 513 g/mol. The number of rotatable bonds is 9. The van der Waals surface area contributed by atoms with Crippen LogP contribution in [-0.4, -0.2) is 38.9 Å². The molecule has 1 amide bonds. The number of nitrogens with zero attached hydrogens (tertiary/aromatic N) is 1. The molecule has 3 rings (SSSR count). The van der Waals surface area contributed by atoms with Crippen LogP contribution in [0.25, 0.3) is 0 Å². The van der Waals surface area contributed by atoms with Gasteiger partial charge in [0.05, 0.1) is 26.0 Å². The number of ether oxygens (including phenoxy) is 4. The molecule has 0 heterocycles. The fourth-order valence-corrected chi connectivity index (χ4v) is 2.89. The van der Waals surface area contributed by atoms with E-state index in [-0.39, 0.29) is 12.4 Å². The van der Waals surface area contributed by atoms with Crippen molar-refractivity contribution in [2.45, 2.75) is 0 Å². The van der Waals surface area contributed by atoms with Gasteiger partial charge in [0.2, 0.25) is 0 Å². The number of esters is 1. The van der Waals surface area contributed by atoms with Gasteiger partial charge in [0.1, 0.15) is 11.5 Å². The quantitative estimate of drug-likeness (QED) is 0.199. The summed E-state index contributed by atoms with van der Waals surface area (Å²) in [5, 5.41) is 3.91. The predicted molar refractivity (Wildman–Crippen MR) is 126 cm³/mol. The maximum absolute atomic E-state index is 12.4. The molecule has 0 bridgehead atoms. The molecule has 0 fully saturated rings. The largest absolute Gasteiger partial charge is 0.497 e. The van der Waals surface area contributed by atoms with Crippen molar-refractivity contribution in [2.24, 2.45) is 5.10 Å². The molecule has 0 saturated carbocycles. The van der Waals surface area contributed by atoms with Gasteiger partial charge >= 0.3 is 5.97 Å². The second-order valence-electron chi connectivity index (χ2n) is 6.56. The molecule has 33 heavy (non-hydrogen) atoms. The summed E-state index contributed by atoms with van der Waals surface area (Å²) < 4.78 is 22.1. The van der Waals surface area contributed by atoms with Crippen molar-refractivity contribution in [1.82, 2.24) is 5.43 Å². The molecule has 0 unspecified atom stereocenters. The second-order valence-corrected chi connectivity index (χ2v) is 7.48. The number of carbonyl (C=O) groups excluding carboxylic acids is 2. The molecule has 170 valence electrons. The molecule has 0 radical (unpaired) electrons. The summed E-state index contributed by atoms with van der Waals surface area (Å²) in [6.45, 7) is -0.178. The van der Waals surface area contributed by atoms with Crippen molar-refractivity contribution in [3.63, 3.8) is 0 Å². The number of methoxy groups -OCH3 is 2. The fourth-order valence-electron chi connectivity index (χ4n) is 2.63. The molecule has 0 aliphatic heterocycles. The van der Waals surface area contributed by atoms with E-state index in [0.717, 1.165) is 4.47 Å². The number of hydrazone groups is 1. The Bertz CT molecular complexity index is 1130. The van der Waals surface area contributed by atoms with E-state index < -0.39 is 11.9 Å². The minimum Gasteiger partial charge on any atom is -0.497 e. The van der Waals surface area contributed by atoms with Crippen LogP contribution in [0.15, 0.2) is 76.3 Å². The van der Waals surface area contributed by atoms with E-state index in [1.807, 2.05) is 12.1 Å². The van der Waals surface area contributed by atoms with Crippen LogP contribution in [0.2, 0.25) is 0 Å². The Hall–Kier alpha value is -3.85. The van der Waals surface area contributed by atoms with Gasteiger partial charge in [-0.05, 0) is 72.3 Å². The monoisotopic (exact) mass is 512 g/mol. The van der Waals surface area contributed by atoms with Crippen molar-refractivity contribution >= 4 is 34.0 Å². The maximum Gasteiger partial charge on any atom is 0.343 e. The summed E-state index contributed by atoms with van der Waals surface area (Å²) in [7, 11) is 3.01. The Morgan fingerprint density at radius 2 is 1.61 bits per heavy atom. The molecule has 0 aromatic heterocycles. The zero-order chi connectivity index (χ0) is 23.6. The van der Waals surface area contributed by atoms with Crippen molar-refractivity contribution in [1.29, 1.82) is 0 Å². The molecule has 8 nitrogen and oxygen atoms in total. The molecule has 0 atom stereocenters. The number of benzene rings is 3. The van der Waals surface area contributed by atoms with Crippen LogP contribution in [0.4, 0.5) is 0 Å². The molecule has 0 aliphatic rings. The van der Waals surface area contributed by atoms with Crippen LogP contribution >= 0.6 is 15.9 Å². The van der Waals surface area contributed by atoms with Gasteiger partial charge in [-0.25, -0.2) is 10.2 Å². The third kappa shape index (κ3) is 7.08. The van der Waals surface area contributed by atoms with Gasteiger partial charge in [-0.2, -0.15) is 5.10 Å². The predicted octanol–water partition coefficient (Wildman–Crippen LogP) is 4.21. The zero-order valence-electron chi connectivity index (χ0n) is 17.9. The summed E-state index contributed by atoms with van der Waals surface area (Å²) in [4.78, 5) is 24.3. The van der Waals surface area contributed by atoms with Gasteiger partial charge < -0.3 is 18.9 Å². The minimum atomic E-state index is -0.532. The summed E-state index contributed by atoms with van der Waals surface area (Å²) in [5.74, 6) is 0.858. The fraction of sp³-hybridized carbons (Fsp3) is 0.125. The van der Waals surface area contributed by atoms with Crippen LogP contribution in [0, 0.1) is 0 Å². The van der Waals surface area contributed by atoms with Gasteiger partial charge in [-0.3, -0.25) is 4.79 Å². The van der Waals surface area contributed by atoms with Gasteiger partial charge in [0.15, 0.2) is 18.1 Å². The number of carbonyl (C=O) groups is 2. The number of nitrogens with one attached hydrogen (secondary N) is 1. The first kappa shape index (κ1) is 23.8. The lowest BCUT2D eigenvalue weighted by molar-refractivity contribution is -0.123. The number of hydrogen-bond acceptors (Lipinski definition) is 7. The first-order valence-electron chi connectivity index (χ1n) is 9.73. The van der Waals surface area contributed by atoms with Crippen LogP contribution in [-0.2, 0) is 4.79 Å². The third-order valence-electron chi connectivity index (χ3n) is 4.30. The highest BCUT2D eigenvalue weighted by Gasteiger charge is 2.13. The lowest BCUT2D eigenvalue weighted by Gasteiger charge is -2.10. The highest BCUT2D eigenvalue weighted by atomic mass is 79.9. The standard InChI is InChI=1S/C24H21BrN2O6/c1-30-19-8-4-17(5-9-19)24(29)33-21-12-3-16(13-22(21)31-2)14-26-27-23(28)15-32-20-10-6-18(25)7-11-20/h3-14H,15H2,1-2H3,(H,27,28)/b26-14+. The van der Waals surface area contributed by atoms with Crippen LogP contribution < -0.4 is 24.4 Å². The first-order chi connectivity index (χ1) is 16.0. The molecule has 0 aliphatic carbocycles. The molecule has 3 aromatic rings. The number of amides is 1. The van der Waals surface area contributed by atoms with Crippen molar-refractivity contribution < 1.29 is 28.5 Å². The topological polar surface area (TPSA) is 95.5 Å². The van der Waals surface area contributed by atoms with E-state index in [0.29, 0.717) is 28.4 Å². The lowest BCUT2D eigenvalue weighted by Crippen LogP contribution is -2.24. The average Bonchev–Trinajstić information content (AvgIpc) is 2.84. The van der Waals surface area contributed by atoms with Crippen LogP contribution in [0.1, 0.15) is 15.9 Å². The Labute approximate surface area is 199 Å². The molecular weight excluding hydrogens is 492 g/mol. The van der Waals surface area contributed by atoms with E-state index >= 15 is 0 Å². The van der Waals surface area contributed by atoms with Crippen molar-refractivity contribution in [3.05, 3.63) is 82.3 Å². The van der Waals surface area contributed by atoms with Crippen LogP contribution in [0.5, 0.6) is 23.0 Å². The summed E-state index contributed by atoms with van der Waals surface area (Å²) >= 11 is 3.33. The molecule has 0 spiro atoms. The first-order valence-corrected chi connectivity index (χ1v) is 10.5. The van der Waals surface area contributed by atoms with E-state index in [1.54, 1.807) is 61.7 Å². The molecule has 9 heteroatoms. The normalized spacial score (nSPS) is 10.5. The summed E-state index contributed by atoms with van der Waals surface area (Å²) in [5.41, 5.74) is 3.39. The maximum atomic E-state index is 12.4. The highest BCUT2D eigenvalue weighted by Crippen LogP contribution is 2.28. The summed E-state index contributed by atoms with van der Waals surface area (Å²) in [6, 6.07) is 18.6. The minimum absolute atomic E-state index is 0.178. The molecular formula is C24H21BrN2O6. The SMILES string of the molecule is COc1ccc(C(=O)Oc2ccc(/C=N/NC(=O)COc3ccc(Br)cc3)cc2OC)cc1. The van der Waals surface area contributed by atoms with Crippen molar-refractivity contribution in [3.8, 4) is 23.0 Å². The molecule has 3 aromatic carbocycles.